The van der Waals surface area contributed by atoms with Crippen LogP contribution in [0.3, 0.4) is 0 Å². The van der Waals surface area contributed by atoms with E-state index in [4.69, 9.17) is 14.6 Å². The van der Waals surface area contributed by atoms with Crippen molar-refractivity contribution in [2.45, 2.75) is 78.0 Å². The van der Waals surface area contributed by atoms with Crippen LogP contribution in [-0.2, 0) is 16.0 Å². The summed E-state index contributed by atoms with van der Waals surface area (Å²) in [5.74, 6) is 0.0483. The molecule has 3 rings (SSSR count). The minimum Gasteiger partial charge on any atom is -0.465 e. The van der Waals surface area contributed by atoms with Gasteiger partial charge in [-0.15, -0.1) is 0 Å². The number of nitrogens with one attached hydrogen (secondary N) is 1. The van der Waals surface area contributed by atoms with Crippen molar-refractivity contribution in [1.82, 2.24) is 9.80 Å². The summed E-state index contributed by atoms with van der Waals surface area (Å²) < 4.78 is 10.9. The first-order chi connectivity index (χ1) is 18.6. The van der Waals surface area contributed by atoms with Gasteiger partial charge < -0.3 is 19.5 Å². The summed E-state index contributed by atoms with van der Waals surface area (Å²) in [6.07, 6.45) is -1.26. The molecule has 1 fully saturated rings. The zero-order chi connectivity index (χ0) is 29.7. The van der Waals surface area contributed by atoms with Gasteiger partial charge in [-0.25, -0.2) is 19.3 Å². The lowest BCUT2D eigenvalue weighted by atomic mass is 9.88. The van der Waals surface area contributed by atoms with Gasteiger partial charge in [-0.05, 0) is 89.6 Å². The lowest BCUT2D eigenvalue weighted by Crippen LogP contribution is -2.43. The Morgan fingerprint density at radius 1 is 0.900 bits per heavy atom. The summed E-state index contributed by atoms with van der Waals surface area (Å²) in [7, 11) is 0. The molecule has 10 heteroatoms. The molecule has 216 valence electrons. The highest BCUT2D eigenvalue weighted by Gasteiger charge is 2.32. The number of carbonyl (C=O) groups excluding carboxylic acids is 3. The van der Waals surface area contributed by atoms with Gasteiger partial charge in [0.25, 0.3) is 5.91 Å². The molecule has 2 aromatic carbocycles. The fraction of sp³-hybridized carbons (Fsp3) is 0.467. The Morgan fingerprint density at radius 2 is 1.48 bits per heavy atom. The van der Waals surface area contributed by atoms with Crippen molar-refractivity contribution in [3.8, 4) is 0 Å². The number of hydrogen-bond donors (Lipinski definition) is 2. The number of imide groups is 1. The highest BCUT2D eigenvalue weighted by Crippen LogP contribution is 2.30. The summed E-state index contributed by atoms with van der Waals surface area (Å²) in [5.41, 5.74) is 1.03. The van der Waals surface area contributed by atoms with E-state index in [1.54, 1.807) is 64.6 Å². The van der Waals surface area contributed by atoms with Crippen LogP contribution in [0.1, 0.15) is 81.8 Å². The maximum atomic E-state index is 13.0. The summed E-state index contributed by atoms with van der Waals surface area (Å²) in [5, 5.41) is 11.2. The molecule has 10 nitrogen and oxygen atoms in total. The van der Waals surface area contributed by atoms with Crippen molar-refractivity contribution in [3.63, 3.8) is 0 Å². The molecule has 2 aromatic rings. The van der Waals surface area contributed by atoms with Crippen LogP contribution in [0.2, 0.25) is 0 Å². The minimum absolute atomic E-state index is 0.00425. The first-order valence-electron chi connectivity index (χ1n) is 13.3. The standard InChI is InChI=1S/C30H39N3O7/c1-29(2,3)39-27(37)33(28(38)40-30(4,5)6)19-20-9-7-10-22(17-20)21-13-15-32(16-14-21)25(34)23-11-8-12-24(18-23)31-26(35)36/h7-12,17-18,21,31H,13-16,19H2,1-6H3,(H,35,36). The Kier molecular flexibility index (Phi) is 9.44. The maximum Gasteiger partial charge on any atom is 0.420 e. The second-order valence-corrected chi connectivity index (χ2v) is 11.9. The topological polar surface area (TPSA) is 125 Å². The van der Waals surface area contributed by atoms with Crippen molar-refractivity contribution in [1.29, 1.82) is 0 Å². The van der Waals surface area contributed by atoms with Crippen molar-refractivity contribution >= 4 is 29.9 Å². The number of likely N-dealkylation sites (tertiary alicyclic amines) is 1. The van der Waals surface area contributed by atoms with Crippen LogP contribution in [0.5, 0.6) is 0 Å². The molecule has 0 aliphatic carbocycles. The van der Waals surface area contributed by atoms with Crippen molar-refractivity contribution in [3.05, 3.63) is 65.2 Å². The normalized spacial score (nSPS) is 14.3. The Balaban J connectivity index is 1.69. The van der Waals surface area contributed by atoms with E-state index in [0.29, 0.717) is 24.3 Å². The molecule has 0 spiro atoms. The number of amides is 4. The van der Waals surface area contributed by atoms with Crippen LogP contribution in [0.25, 0.3) is 0 Å². The molecule has 0 radical (unpaired) electrons. The van der Waals surface area contributed by atoms with Gasteiger partial charge in [-0.3, -0.25) is 10.1 Å². The number of rotatable bonds is 5. The van der Waals surface area contributed by atoms with E-state index in [1.807, 2.05) is 24.3 Å². The molecule has 1 saturated heterocycles. The molecule has 0 saturated carbocycles. The monoisotopic (exact) mass is 553 g/mol. The molecule has 0 atom stereocenters. The number of hydrogen-bond acceptors (Lipinski definition) is 6. The molecule has 2 N–H and O–H groups in total. The Hall–Kier alpha value is -4.08. The van der Waals surface area contributed by atoms with Gasteiger partial charge in [-0.1, -0.05) is 30.3 Å². The largest absolute Gasteiger partial charge is 0.465 e. The summed E-state index contributed by atoms with van der Waals surface area (Å²) >= 11 is 0. The quantitative estimate of drug-likeness (QED) is 0.435. The fourth-order valence-corrected chi connectivity index (χ4v) is 4.42. The highest BCUT2D eigenvalue weighted by molar-refractivity contribution is 5.96. The van der Waals surface area contributed by atoms with Gasteiger partial charge in [0, 0.05) is 24.3 Å². The predicted octanol–water partition coefficient (Wildman–Crippen LogP) is 6.47. The number of anilines is 1. The SMILES string of the molecule is CC(C)(C)OC(=O)N(Cc1cccc(C2CCN(C(=O)c3cccc(NC(=O)O)c3)CC2)c1)C(=O)OC(C)(C)C. The van der Waals surface area contributed by atoms with E-state index in [0.717, 1.165) is 28.9 Å². The maximum absolute atomic E-state index is 13.0. The third-order valence-corrected chi connectivity index (χ3v) is 6.13. The molecule has 0 bridgehead atoms. The van der Waals surface area contributed by atoms with Crippen LogP contribution in [0, 0.1) is 0 Å². The number of piperidine rings is 1. The number of carboxylic acid groups (broad SMARTS) is 1. The van der Waals surface area contributed by atoms with Crippen LogP contribution >= 0.6 is 0 Å². The minimum atomic E-state index is -1.19. The van der Waals surface area contributed by atoms with E-state index in [-0.39, 0.29) is 18.4 Å². The van der Waals surface area contributed by atoms with E-state index in [2.05, 4.69) is 5.32 Å². The van der Waals surface area contributed by atoms with Gasteiger partial charge in [0.05, 0.1) is 6.54 Å². The van der Waals surface area contributed by atoms with E-state index in [1.165, 1.54) is 6.07 Å². The van der Waals surface area contributed by atoms with E-state index < -0.39 is 29.5 Å². The summed E-state index contributed by atoms with van der Waals surface area (Å²) in [6.45, 7) is 11.5. The Bertz CT molecular complexity index is 1210. The first-order valence-corrected chi connectivity index (χ1v) is 13.3. The van der Waals surface area contributed by atoms with Crippen LogP contribution in [-0.4, -0.2) is 63.4 Å². The zero-order valence-electron chi connectivity index (χ0n) is 24.0. The predicted molar refractivity (Wildman–Crippen MR) is 150 cm³/mol. The molecule has 1 heterocycles. The second kappa shape index (κ2) is 12.4. The summed E-state index contributed by atoms with van der Waals surface area (Å²) in [6, 6.07) is 14.2. The number of carbonyl (C=O) groups is 4. The van der Waals surface area contributed by atoms with Crippen LogP contribution < -0.4 is 5.32 Å². The molecule has 0 unspecified atom stereocenters. The number of benzene rings is 2. The second-order valence-electron chi connectivity index (χ2n) is 11.9. The molecule has 40 heavy (non-hydrogen) atoms. The van der Waals surface area contributed by atoms with Gasteiger partial charge in [0.15, 0.2) is 0 Å². The Labute approximate surface area is 235 Å². The Morgan fingerprint density at radius 3 is 2.02 bits per heavy atom. The average Bonchev–Trinajstić information content (AvgIpc) is 2.84. The average molecular weight is 554 g/mol. The van der Waals surface area contributed by atoms with Crippen LogP contribution in [0.15, 0.2) is 48.5 Å². The molecule has 4 amide bonds. The van der Waals surface area contributed by atoms with Crippen molar-refractivity contribution < 1.29 is 33.8 Å². The third-order valence-electron chi connectivity index (χ3n) is 6.13. The van der Waals surface area contributed by atoms with E-state index in [9.17, 15) is 19.2 Å². The third kappa shape index (κ3) is 9.00. The fourth-order valence-electron chi connectivity index (χ4n) is 4.42. The molecule has 1 aliphatic heterocycles. The first kappa shape index (κ1) is 30.5. The highest BCUT2D eigenvalue weighted by atomic mass is 16.6. The van der Waals surface area contributed by atoms with Gasteiger partial charge in [0.1, 0.15) is 11.2 Å². The van der Waals surface area contributed by atoms with Gasteiger partial charge in [-0.2, -0.15) is 0 Å². The number of ether oxygens (including phenoxy) is 2. The lowest BCUT2D eigenvalue weighted by Gasteiger charge is -2.32. The molecular formula is C30H39N3O7. The molecule has 1 aliphatic rings. The zero-order valence-corrected chi connectivity index (χ0v) is 24.0. The van der Waals surface area contributed by atoms with Gasteiger partial charge >= 0.3 is 18.3 Å². The van der Waals surface area contributed by atoms with Crippen LogP contribution in [0.4, 0.5) is 20.1 Å². The molecule has 0 aromatic heterocycles. The smallest absolute Gasteiger partial charge is 0.420 e. The lowest BCUT2D eigenvalue weighted by molar-refractivity contribution is -0.000285. The van der Waals surface area contributed by atoms with E-state index >= 15 is 0 Å². The van der Waals surface area contributed by atoms with Gasteiger partial charge in [0.2, 0.25) is 0 Å². The van der Waals surface area contributed by atoms with Crippen molar-refractivity contribution in [2.24, 2.45) is 0 Å². The number of nitrogens with zero attached hydrogens (tertiary/aromatic N) is 2. The summed E-state index contributed by atoms with van der Waals surface area (Å²) in [4.78, 5) is 52.5. The van der Waals surface area contributed by atoms with Crippen molar-refractivity contribution in [2.75, 3.05) is 18.4 Å². The molecular weight excluding hydrogens is 514 g/mol.